The molecule has 7 nitrogen and oxygen atoms in total. The molecule has 0 bridgehead atoms. The molecule has 22 heavy (non-hydrogen) atoms. The molecule has 1 heterocycles. The first-order valence-electron chi connectivity index (χ1n) is 6.54. The van der Waals surface area contributed by atoms with E-state index in [-0.39, 0.29) is 23.9 Å². The first kappa shape index (κ1) is 16.2. The van der Waals surface area contributed by atoms with E-state index in [4.69, 9.17) is 14.4 Å². The van der Waals surface area contributed by atoms with Crippen LogP contribution in [0, 0.1) is 6.92 Å². The molecule has 2 rings (SSSR count). The van der Waals surface area contributed by atoms with Crippen LogP contribution in [0.15, 0.2) is 39.8 Å². The highest BCUT2D eigenvalue weighted by molar-refractivity contribution is 7.89. The second-order valence-corrected chi connectivity index (χ2v) is 6.35. The number of carbonyl (C=O) groups excluding carboxylic acids is 1. The Morgan fingerprint density at radius 2 is 2.00 bits per heavy atom. The third-order valence-corrected chi connectivity index (χ3v) is 3.85. The van der Waals surface area contributed by atoms with Gasteiger partial charge in [-0.15, -0.1) is 0 Å². The van der Waals surface area contributed by atoms with E-state index in [9.17, 15) is 13.2 Å². The molecule has 0 amide bonds. The molecule has 2 aromatic rings. The lowest BCUT2D eigenvalue weighted by molar-refractivity contribution is -0.145. The van der Waals surface area contributed by atoms with Crippen molar-refractivity contribution < 1.29 is 22.5 Å². The van der Waals surface area contributed by atoms with Gasteiger partial charge in [-0.25, -0.2) is 13.6 Å². The number of benzene rings is 1. The summed E-state index contributed by atoms with van der Waals surface area (Å²) in [6.07, 6.45) is 0.626. The minimum absolute atomic E-state index is 0.0412. The van der Waals surface area contributed by atoms with E-state index in [1.54, 1.807) is 25.1 Å². The Labute approximate surface area is 128 Å². The second-order valence-electron chi connectivity index (χ2n) is 4.78. The fraction of sp³-hybridized carbons (Fsp3) is 0.286. The average Bonchev–Trinajstić information content (AvgIpc) is 2.88. The Bertz CT molecular complexity index is 750. The Kier molecular flexibility index (Phi) is 4.94. The van der Waals surface area contributed by atoms with Gasteiger partial charge in [-0.05, 0) is 31.0 Å². The molecular formula is C14H16N2O5S. The largest absolute Gasteiger partial charge is 0.457 e. The molecule has 0 fully saturated rings. The van der Waals surface area contributed by atoms with Gasteiger partial charge >= 0.3 is 5.97 Å². The van der Waals surface area contributed by atoms with Crippen LogP contribution in [0.4, 0.5) is 0 Å². The SMILES string of the molecule is Cc1cc(COC(=O)CCc2ccc(S(N)(=O)=O)cc2)on1. The normalized spacial score (nSPS) is 11.4. The Morgan fingerprint density at radius 1 is 1.32 bits per heavy atom. The van der Waals surface area contributed by atoms with Gasteiger partial charge in [-0.2, -0.15) is 0 Å². The second kappa shape index (κ2) is 6.71. The molecule has 0 aliphatic rings. The monoisotopic (exact) mass is 324 g/mol. The molecule has 0 aliphatic carbocycles. The molecule has 0 saturated carbocycles. The summed E-state index contributed by atoms with van der Waals surface area (Å²) in [6.45, 7) is 1.82. The van der Waals surface area contributed by atoms with E-state index in [2.05, 4.69) is 5.16 Å². The molecule has 1 aromatic heterocycles. The predicted octanol–water partition coefficient (Wildman–Crippen LogP) is 1.31. The maximum atomic E-state index is 11.6. The minimum Gasteiger partial charge on any atom is -0.457 e. The molecule has 118 valence electrons. The number of hydrogen-bond acceptors (Lipinski definition) is 6. The minimum atomic E-state index is -3.70. The van der Waals surface area contributed by atoms with Gasteiger partial charge in [0.25, 0.3) is 0 Å². The summed E-state index contributed by atoms with van der Waals surface area (Å²) >= 11 is 0. The smallest absolute Gasteiger partial charge is 0.306 e. The number of aryl methyl sites for hydroxylation is 2. The molecule has 0 saturated heterocycles. The van der Waals surface area contributed by atoms with Gasteiger partial charge in [0, 0.05) is 12.5 Å². The quantitative estimate of drug-likeness (QED) is 0.802. The van der Waals surface area contributed by atoms with Gasteiger partial charge in [0.2, 0.25) is 10.0 Å². The first-order valence-corrected chi connectivity index (χ1v) is 8.09. The van der Waals surface area contributed by atoms with Gasteiger partial charge < -0.3 is 9.26 Å². The van der Waals surface area contributed by atoms with E-state index in [0.717, 1.165) is 11.3 Å². The first-order chi connectivity index (χ1) is 10.3. The molecule has 0 aliphatic heterocycles. The highest BCUT2D eigenvalue weighted by atomic mass is 32.2. The van der Waals surface area contributed by atoms with Crippen molar-refractivity contribution in [1.29, 1.82) is 0 Å². The maximum Gasteiger partial charge on any atom is 0.306 e. The summed E-state index contributed by atoms with van der Waals surface area (Å²) in [5.74, 6) is 0.118. The van der Waals surface area contributed by atoms with Crippen LogP contribution in [0.2, 0.25) is 0 Å². The van der Waals surface area contributed by atoms with E-state index in [1.807, 2.05) is 0 Å². The van der Waals surface area contributed by atoms with Crippen molar-refractivity contribution in [3.8, 4) is 0 Å². The Morgan fingerprint density at radius 3 is 2.55 bits per heavy atom. The van der Waals surface area contributed by atoms with Gasteiger partial charge in [0.05, 0.1) is 10.6 Å². The molecule has 0 unspecified atom stereocenters. The van der Waals surface area contributed by atoms with Crippen LogP contribution in [0.5, 0.6) is 0 Å². The third kappa shape index (κ3) is 4.68. The summed E-state index contributed by atoms with van der Waals surface area (Å²) in [6, 6.07) is 7.75. The van der Waals surface area contributed by atoms with Crippen molar-refractivity contribution in [2.75, 3.05) is 0 Å². The predicted molar refractivity (Wildman–Crippen MR) is 77.2 cm³/mol. The molecular weight excluding hydrogens is 308 g/mol. The summed E-state index contributed by atoms with van der Waals surface area (Å²) < 4.78 is 32.2. The van der Waals surface area contributed by atoms with E-state index in [0.29, 0.717) is 12.2 Å². The molecule has 1 aromatic carbocycles. The van der Waals surface area contributed by atoms with Crippen LogP contribution in [0.3, 0.4) is 0 Å². The lowest BCUT2D eigenvalue weighted by Crippen LogP contribution is -2.12. The molecule has 8 heteroatoms. The standard InChI is InChI=1S/C14H16N2O5S/c1-10-8-12(21-16-10)9-20-14(17)7-4-11-2-5-13(6-3-11)22(15,18)19/h2-3,5-6,8H,4,7,9H2,1H3,(H2,15,18,19). The molecule has 0 atom stereocenters. The number of aromatic nitrogens is 1. The van der Waals surface area contributed by atoms with Crippen LogP contribution >= 0.6 is 0 Å². The van der Waals surface area contributed by atoms with Crippen LogP contribution in [-0.2, 0) is 32.6 Å². The zero-order chi connectivity index (χ0) is 16.2. The zero-order valence-electron chi connectivity index (χ0n) is 12.0. The fourth-order valence-electron chi connectivity index (χ4n) is 1.80. The number of rotatable bonds is 6. The van der Waals surface area contributed by atoms with E-state index < -0.39 is 10.0 Å². The lowest BCUT2D eigenvalue weighted by atomic mass is 10.1. The van der Waals surface area contributed by atoms with Crippen LogP contribution < -0.4 is 5.14 Å². The summed E-state index contributed by atoms with van der Waals surface area (Å²) in [5.41, 5.74) is 1.54. The van der Waals surface area contributed by atoms with Crippen LogP contribution in [0.1, 0.15) is 23.4 Å². The van der Waals surface area contributed by atoms with Gasteiger partial charge in [-0.3, -0.25) is 4.79 Å². The molecule has 2 N–H and O–H groups in total. The van der Waals surface area contributed by atoms with Gasteiger partial charge in [0.15, 0.2) is 12.4 Å². The number of primary sulfonamides is 1. The van der Waals surface area contributed by atoms with Crippen molar-refractivity contribution in [2.24, 2.45) is 5.14 Å². The highest BCUT2D eigenvalue weighted by Crippen LogP contribution is 2.11. The van der Waals surface area contributed by atoms with E-state index in [1.165, 1.54) is 12.1 Å². The summed E-state index contributed by atoms with van der Waals surface area (Å²) in [7, 11) is -3.70. The zero-order valence-corrected chi connectivity index (χ0v) is 12.8. The number of nitrogens with zero attached hydrogens (tertiary/aromatic N) is 1. The Balaban J connectivity index is 1.81. The Hall–Kier alpha value is -2.19. The lowest BCUT2D eigenvalue weighted by Gasteiger charge is -2.04. The number of esters is 1. The fourth-order valence-corrected chi connectivity index (χ4v) is 2.32. The topological polar surface area (TPSA) is 112 Å². The highest BCUT2D eigenvalue weighted by Gasteiger charge is 2.09. The number of sulfonamides is 1. The van der Waals surface area contributed by atoms with Crippen molar-refractivity contribution in [3.05, 3.63) is 47.3 Å². The van der Waals surface area contributed by atoms with Crippen LogP contribution in [-0.4, -0.2) is 19.5 Å². The van der Waals surface area contributed by atoms with E-state index >= 15 is 0 Å². The van der Waals surface area contributed by atoms with Crippen LogP contribution in [0.25, 0.3) is 0 Å². The maximum absolute atomic E-state index is 11.6. The van der Waals surface area contributed by atoms with Crippen molar-refractivity contribution >= 4 is 16.0 Å². The number of ether oxygens (including phenoxy) is 1. The van der Waals surface area contributed by atoms with Gasteiger partial charge in [-0.1, -0.05) is 17.3 Å². The van der Waals surface area contributed by atoms with Crippen molar-refractivity contribution in [1.82, 2.24) is 5.16 Å². The molecule has 0 radical (unpaired) electrons. The van der Waals surface area contributed by atoms with Crippen molar-refractivity contribution in [2.45, 2.75) is 31.3 Å². The number of carbonyl (C=O) groups is 1. The average molecular weight is 324 g/mol. The summed E-state index contributed by atoms with van der Waals surface area (Å²) in [5, 5.41) is 8.70. The number of hydrogen-bond donors (Lipinski definition) is 1. The van der Waals surface area contributed by atoms with Crippen molar-refractivity contribution in [3.63, 3.8) is 0 Å². The van der Waals surface area contributed by atoms with Gasteiger partial charge in [0.1, 0.15) is 0 Å². The summed E-state index contributed by atoms with van der Waals surface area (Å²) in [4.78, 5) is 11.7. The number of nitrogens with two attached hydrogens (primary N) is 1. The third-order valence-electron chi connectivity index (χ3n) is 2.92. The molecule has 0 spiro atoms.